The van der Waals surface area contributed by atoms with Gasteiger partial charge in [-0.3, -0.25) is 19.1 Å². The SMILES string of the molecule is CC(C)c1ccc(NC(=O)C(C)n2cnc3[nH]c(=O)n(C)c(=O)c32)cc1. The van der Waals surface area contributed by atoms with E-state index in [1.165, 1.54) is 23.5 Å². The Labute approximate surface area is 149 Å². The van der Waals surface area contributed by atoms with E-state index in [2.05, 4.69) is 29.1 Å². The van der Waals surface area contributed by atoms with Crippen LogP contribution in [0.3, 0.4) is 0 Å². The van der Waals surface area contributed by atoms with Gasteiger partial charge in [0.05, 0.1) is 6.33 Å². The van der Waals surface area contributed by atoms with Crippen molar-refractivity contribution in [3.8, 4) is 0 Å². The van der Waals surface area contributed by atoms with Crippen LogP contribution in [-0.4, -0.2) is 25.0 Å². The van der Waals surface area contributed by atoms with Crippen molar-refractivity contribution in [3.63, 3.8) is 0 Å². The number of fused-ring (bicyclic) bond motifs is 1. The molecule has 0 saturated heterocycles. The van der Waals surface area contributed by atoms with Crippen molar-refractivity contribution in [2.24, 2.45) is 7.05 Å². The van der Waals surface area contributed by atoms with Crippen molar-refractivity contribution in [2.45, 2.75) is 32.7 Å². The molecule has 2 aromatic heterocycles. The van der Waals surface area contributed by atoms with E-state index < -0.39 is 17.3 Å². The van der Waals surface area contributed by atoms with Gasteiger partial charge in [-0.2, -0.15) is 0 Å². The summed E-state index contributed by atoms with van der Waals surface area (Å²) in [5.41, 5.74) is 1.17. The van der Waals surface area contributed by atoms with Gasteiger partial charge in [-0.25, -0.2) is 9.78 Å². The van der Waals surface area contributed by atoms with E-state index in [1.54, 1.807) is 6.92 Å². The lowest BCUT2D eigenvalue weighted by Crippen LogP contribution is -2.34. The molecule has 0 saturated carbocycles. The molecule has 8 heteroatoms. The molecule has 26 heavy (non-hydrogen) atoms. The maximum atomic E-state index is 12.6. The normalized spacial score (nSPS) is 12.5. The summed E-state index contributed by atoms with van der Waals surface area (Å²) in [5, 5.41) is 2.84. The largest absolute Gasteiger partial charge is 0.329 e. The lowest BCUT2D eigenvalue weighted by atomic mass is 10.0. The number of amides is 1. The maximum Gasteiger partial charge on any atom is 0.329 e. The predicted octanol–water partition coefficient (Wildman–Crippen LogP) is 1.75. The van der Waals surface area contributed by atoms with E-state index in [9.17, 15) is 14.4 Å². The van der Waals surface area contributed by atoms with E-state index in [0.717, 1.165) is 4.57 Å². The zero-order chi connectivity index (χ0) is 19.0. The number of carbonyl (C=O) groups is 1. The van der Waals surface area contributed by atoms with Crippen molar-refractivity contribution in [1.29, 1.82) is 0 Å². The number of anilines is 1. The number of rotatable bonds is 4. The second-order valence-electron chi connectivity index (χ2n) is 6.59. The summed E-state index contributed by atoms with van der Waals surface area (Å²) in [4.78, 5) is 43.2. The van der Waals surface area contributed by atoms with Gasteiger partial charge in [0, 0.05) is 12.7 Å². The van der Waals surface area contributed by atoms with Crippen LogP contribution >= 0.6 is 0 Å². The van der Waals surface area contributed by atoms with E-state index in [0.29, 0.717) is 11.6 Å². The highest BCUT2D eigenvalue weighted by atomic mass is 16.2. The molecule has 1 aromatic carbocycles. The lowest BCUT2D eigenvalue weighted by molar-refractivity contribution is -0.118. The zero-order valence-corrected chi connectivity index (χ0v) is 15.1. The van der Waals surface area contributed by atoms with Gasteiger partial charge in [0.2, 0.25) is 5.91 Å². The molecule has 3 rings (SSSR count). The monoisotopic (exact) mass is 355 g/mol. The van der Waals surface area contributed by atoms with Crippen molar-refractivity contribution in [2.75, 3.05) is 5.32 Å². The maximum absolute atomic E-state index is 12.6. The van der Waals surface area contributed by atoms with Gasteiger partial charge in [0.25, 0.3) is 5.56 Å². The topological polar surface area (TPSA) is 102 Å². The van der Waals surface area contributed by atoms with Gasteiger partial charge in [-0.1, -0.05) is 26.0 Å². The van der Waals surface area contributed by atoms with Crippen LogP contribution in [-0.2, 0) is 11.8 Å². The minimum atomic E-state index is -0.677. The van der Waals surface area contributed by atoms with Crippen molar-refractivity contribution >= 4 is 22.8 Å². The molecule has 0 aliphatic carbocycles. The molecule has 0 aliphatic heterocycles. The van der Waals surface area contributed by atoms with Gasteiger partial charge < -0.3 is 9.88 Å². The predicted molar refractivity (Wildman–Crippen MR) is 99.5 cm³/mol. The first-order chi connectivity index (χ1) is 12.3. The Morgan fingerprint density at radius 1 is 1.15 bits per heavy atom. The molecule has 3 aromatic rings. The first-order valence-electron chi connectivity index (χ1n) is 8.36. The summed E-state index contributed by atoms with van der Waals surface area (Å²) < 4.78 is 2.42. The van der Waals surface area contributed by atoms with Gasteiger partial charge >= 0.3 is 5.69 Å². The third kappa shape index (κ3) is 3.05. The smallest absolute Gasteiger partial charge is 0.324 e. The van der Waals surface area contributed by atoms with Crippen LogP contribution < -0.4 is 16.6 Å². The number of H-pyrrole nitrogens is 1. The average Bonchev–Trinajstić information content (AvgIpc) is 3.03. The highest BCUT2D eigenvalue weighted by Gasteiger charge is 2.20. The van der Waals surface area contributed by atoms with Gasteiger partial charge in [0.1, 0.15) is 6.04 Å². The molecule has 8 nitrogen and oxygen atoms in total. The molecule has 0 spiro atoms. The summed E-state index contributed by atoms with van der Waals surface area (Å²) in [5.74, 6) is 0.129. The van der Waals surface area contributed by atoms with Crippen LogP contribution in [0.2, 0.25) is 0 Å². The van der Waals surface area contributed by atoms with Crippen LogP contribution in [0.1, 0.15) is 38.3 Å². The van der Waals surface area contributed by atoms with Crippen LogP contribution in [0.5, 0.6) is 0 Å². The number of aromatic nitrogens is 4. The Morgan fingerprint density at radius 3 is 2.42 bits per heavy atom. The molecule has 136 valence electrons. The fourth-order valence-corrected chi connectivity index (χ4v) is 2.72. The van der Waals surface area contributed by atoms with E-state index >= 15 is 0 Å². The highest BCUT2D eigenvalue weighted by molar-refractivity contribution is 5.94. The molecule has 0 fully saturated rings. The van der Waals surface area contributed by atoms with Crippen LogP contribution in [0, 0.1) is 0 Å². The number of nitrogens with zero attached hydrogens (tertiary/aromatic N) is 3. The minimum Gasteiger partial charge on any atom is -0.324 e. The van der Waals surface area contributed by atoms with Gasteiger partial charge in [0.15, 0.2) is 11.2 Å². The van der Waals surface area contributed by atoms with Crippen molar-refractivity contribution in [3.05, 3.63) is 57.0 Å². The Balaban J connectivity index is 1.89. The molecule has 2 heterocycles. The third-order valence-corrected chi connectivity index (χ3v) is 4.47. The lowest BCUT2D eigenvalue weighted by Gasteiger charge is -2.15. The summed E-state index contributed by atoms with van der Waals surface area (Å²) >= 11 is 0. The molecule has 2 N–H and O–H groups in total. The minimum absolute atomic E-state index is 0.166. The molecule has 0 aliphatic rings. The standard InChI is InChI=1S/C18H21N5O3/c1-10(2)12-5-7-13(8-6-12)20-16(24)11(3)23-9-19-15-14(23)17(25)22(4)18(26)21-15/h5-11H,1-4H3,(H,20,24)(H,21,26). The molecule has 0 radical (unpaired) electrons. The average molecular weight is 355 g/mol. The fourth-order valence-electron chi connectivity index (χ4n) is 2.72. The van der Waals surface area contributed by atoms with Gasteiger partial charge in [-0.15, -0.1) is 0 Å². The summed E-state index contributed by atoms with van der Waals surface area (Å²) in [7, 11) is 1.37. The second kappa shape index (κ2) is 6.62. The van der Waals surface area contributed by atoms with E-state index in [-0.39, 0.29) is 17.1 Å². The van der Waals surface area contributed by atoms with Crippen molar-refractivity contribution < 1.29 is 4.79 Å². The molecule has 1 amide bonds. The molecule has 1 unspecified atom stereocenters. The number of hydrogen-bond donors (Lipinski definition) is 2. The Morgan fingerprint density at radius 2 is 1.81 bits per heavy atom. The molecular weight excluding hydrogens is 334 g/mol. The number of benzene rings is 1. The van der Waals surface area contributed by atoms with Crippen molar-refractivity contribution in [1.82, 2.24) is 19.1 Å². The third-order valence-electron chi connectivity index (χ3n) is 4.47. The fraction of sp³-hybridized carbons (Fsp3) is 0.333. The summed E-state index contributed by atoms with van der Waals surface area (Å²) in [6.45, 7) is 5.87. The molecule has 0 bridgehead atoms. The Hall–Kier alpha value is -3.16. The molecular formula is C18H21N5O3. The summed E-state index contributed by atoms with van der Waals surface area (Å²) in [6.07, 6.45) is 1.38. The van der Waals surface area contributed by atoms with Gasteiger partial charge in [-0.05, 0) is 30.5 Å². The van der Waals surface area contributed by atoms with E-state index in [1.807, 2.05) is 24.3 Å². The van der Waals surface area contributed by atoms with Crippen LogP contribution in [0.15, 0.2) is 40.2 Å². The summed E-state index contributed by atoms with van der Waals surface area (Å²) in [6, 6.07) is 6.96. The first kappa shape index (κ1) is 17.7. The highest BCUT2D eigenvalue weighted by Crippen LogP contribution is 2.19. The Bertz CT molecular complexity index is 1070. The number of imidazole rings is 1. The molecule has 1 atom stereocenters. The number of aromatic amines is 1. The first-order valence-corrected chi connectivity index (χ1v) is 8.36. The van der Waals surface area contributed by atoms with Crippen LogP contribution in [0.4, 0.5) is 5.69 Å². The van der Waals surface area contributed by atoms with E-state index in [4.69, 9.17) is 0 Å². The van der Waals surface area contributed by atoms with Crippen LogP contribution in [0.25, 0.3) is 11.2 Å². The number of hydrogen-bond acceptors (Lipinski definition) is 4. The number of carbonyl (C=O) groups excluding carboxylic acids is 1. The quantitative estimate of drug-likeness (QED) is 0.744. The second-order valence-corrected chi connectivity index (χ2v) is 6.59. The zero-order valence-electron chi connectivity index (χ0n) is 15.1. The number of nitrogens with one attached hydrogen (secondary N) is 2. The Kier molecular flexibility index (Phi) is 4.50.